The Balaban J connectivity index is 1.91. The summed E-state index contributed by atoms with van der Waals surface area (Å²) < 4.78 is 5.38. The number of nitrogens with zero attached hydrogens (tertiary/aromatic N) is 2. The second-order valence-electron chi connectivity index (χ2n) is 5.65. The molecule has 1 N–H and O–H groups in total. The third-order valence-corrected chi connectivity index (χ3v) is 3.47. The first-order chi connectivity index (χ1) is 11.7. The van der Waals surface area contributed by atoms with Crippen LogP contribution in [0.1, 0.15) is 31.7 Å². The summed E-state index contributed by atoms with van der Waals surface area (Å²) in [5.41, 5.74) is 2.11. The zero-order valence-corrected chi connectivity index (χ0v) is 14.1. The molecule has 4 nitrogen and oxygen atoms in total. The van der Waals surface area contributed by atoms with Gasteiger partial charge in [-0.25, -0.2) is 9.97 Å². The summed E-state index contributed by atoms with van der Waals surface area (Å²) in [6.07, 6.45) is 11.9. The Bertz CT molecular complexity index is 646. The number of aromatic nitrogens is 2. The number of aliphatic hydroxyl groups excluding tert-OH is 1. The number of benzene rings is 1. The minimum atomic E-state index is -0.216. The van der Waals surface area contributed by atoms with E-state index in [1.54, 1.807) is 18.5 Å². The third-order valence-electron chi connectivity index (χ3n) is 3.47. The topological polar surface area (TPSA) is 55.2 Å². The molecule has 0 aliphatic rings. The zero-order valence-electron chi connectivity index (χ0n) is 14.1. The van der Waals surface area contributed by atoms with Crippen molar-refractivity contribution < 1.29 is 9.84 Å². The Hall–Kier alpha value is -2.46. The highest BCUT2D eigenvalue weighted by Crippen LogP contribution is 2.18. The molecule has 0 amide bonds. The maximum Gasteiger partial charge on any atom is 0.159 e. The van der Waals surface area contributed by atoms with Crippen molar-refractivity contribution in [2.75, 3.05) is 6.61 Å². The normalized spacial score (nSPS) is 12.2. The molecule has 1 atom stereocenters. The summed E-state index contributed by atoms with van der Waals surface area (Å²) in [5, 5.41) is 9.22. The van der Waals surface area contributed by atoms with Crippen LogP contribution in [0.15, 0.2) is 55.4 Å². The molecule has 126 valence electrons. The van der Waals surface area contributed by atoms with E-state index >= 15 is 0 Å². The Labute approximate surface area is 143 Å². The van der Waals surface area contributed by atoms with Crippen LogP contribution < -0.4 is 4.74 Å². The van der Waals surface area contributed by atoms with Gasteiger partial charge >= 0.3 is 0 Å². The summed E-state index contributed by atoms with van der Waals surface area (Å²) in [4.78, 5) is 8.64. The molecule has 1 aromatic carbocycles. The van der Waals surface area contributed by atoms with Gasteiger partial charge in [-0.3, -0.25) is 0 Å². The lowest BCUT2D eigenvalue weighted by Gasteiger charge is -2.04. The molecule has 0 aliphatic heterocycles. The van der Waals surface area contributed by atoms with Gasteiger partial charge in [0.25, 0.3) is 0 Å². The zero-order chi connectivity index (χ0) is 17.2. The highest BCUT2D eigenvalue weighted by molar-refractivity contribution is 5.59. The van der Waals surface area contributed by atoms with Crippen LogP contribution in [0.4, 0.5) is 0 Å². The summed E-state index contributed by atoms with van der Waals surface area (Å²) in [6.45, 7) is 5.87. The molecule has 0 radical (unpaired) electrons. The van der Waals surface area contributed by atoms with Gasteiger partial charge in [0.15, 0.2) is 11.6 Å². The Kier molecular flexibility index (Phi) is 7.18. The van der Waals surface area contributed by atoms with E-state index in [1.807, 2.05) is 31.2 Å². The lowest BCUT2D eigenvalue weighted by molar-refractivity contribution is 0.182. The molecule has 0 fully saturated rings. The van der Waals surface area contributed by atoms with E-state index in [9.17, 15) is 5.11 Å². The van der Waals surface area contributed by atoms with Crippen molar-refractivity contribution in [1.29, 1.82) is 0 Å². The van der Waals surface area contributed by atoms with Crippen LogP contribution in [-0.4, -0.2) is 27.8 Å². The fourth-order valence-corrected chi connectivity index (χ4v) is 2.19. The standard InChI is InChI=1S/C20H24N2O2/c1-3-13-24-19-14-21-20(22-15-19)18-11-9-17(10-12-18)8-6-4-5-7-16(2)23/h3,6,8-12,14-16,23H,1,4-5,7,13H2,2H3/b8-6+. The minimum Gasteiger partial charge on any atom is -0.486 e. The lowest BCUT2D eigenvalue weighted by Crippen LogP contribution is -1.97. The van der Waals surface area contributed by atoms with Crippen LogP contribution in [0.2, 0.25) is 0 Å². The van der Waals surface area contributed by atoms with Gasteiger partial charge in [-0.1, -0.05) is 49.1 Å². The van der Waals surface area contributed by atoms with Gasteiger partial charge in [0.05, 0.1) is 18.5 Å². The molecular formula is C20H24N2O2. The molecule has 2 rings (SSSR count). The molecule has 1 heterocycles. The highest BCUT2D eigenvalue weighted by Gasteiger charge is 2.01. The van der Waals surface area contributed by atoms with Crippen molar-refractivity contribution in [3.8, 4) is 17.1 Å². The predicted octanol–water partition coefficient (Wildman–Crippen LogP) is 4.27. The van der Waals surface area contributed by atoms with E-state index in [2.05, 4.69) is 28.7 Å². The first kappa shape index (κ1) is 17.9. The molecule has 0 aliphatic carbocycles. The van der Waals surface area contributed by atoms with Crippen molar-refractivity contribution in [3.63, 3.8) is 0 Å². The van der Waals surface area contributed by atoms with Crippen molar-refractivity contribution in [2.24, 2.45) is 0 Å². The number of unbranched alkanes of at least 4 members (excludes halogenated alkanes) is 1. The SMILES string of the molecule is C=CCOc1cnc(-c2ccc(/C=C/CCCC(C)O)cc2)nc1. The molecular weight excluding hydrogens is 300 g/mol. The van der Waals surface area contributed by atoms with Crippen LogP contribution in [0, 0.1) is 0 Å². The maximum atomic E-state index is 9.22. The maximum absolute atomic E-state index is 9.22. The smallest absolute Gasteiger partial charge is 0.159 e. The summed E-state index contributed by atoms with van der Waals surface area (Å²) >= 11 is 0. The number of rotatable bonds is 9. The second-order valence-corrected chi connectivity index (χ2v) is 5.65. The van der Waals surface area contributed by atoms with Crippen LogP contribution in [0.5, 0.6) is 5.75 Å². The Morgan fingerprint density at radius 2 is 1.92 bits per heavy atom. The molecule has 0 bridgehead atoms. The molecule has 1 unspecified atom stereocenters. The number of aliphatic hydroxyl groups is 1. The van der Waals surface area contributed by atoms with Gasteiger partial charge in [0, 0.05) is 5.56 Å². The number of hydrogen-bond acceptors (Lipinski definition) is 4. The number of ether oxygens (including phenoxy) is 1. The molecule has 1 aromatic heterocycles. The number of allylic oxidation sites excluding steroid dienone is 1. The van der Waals surface area contributed by atoms with Crippen LogP contribution in [0.3, 0.4) is 0 Å². The Morgan fingerprint density at radius 3 is 2.54 bits per heavy atom. The first-order valence-electron chi connectivity index (χ1n) is 8.20. The van der Waals surface area contributed by atoms with Gasteiger partial charge in [-0.15, -0.1) is 0 Å². The second kappa shape index (κ2) is 9.63. The van der Waals surface area contributed by atoms with Crippen LogP contribution in [0.25, 0.3) is 17.5 Å². The lowest BCUT2D eigenvalue weighted by atomic mass is 10.1. The van der Waals surface area contributed by atoms with E-state index in [1.165, 1.54) is 0 Å². The molecule has 0 saturated carbocycles. The average molecular weight is 324 g/mol. The van der Waals surface area contributed by atoms with Crippen LogP contribution in [-0.2, 0) is 0 Å². The average Bonchev–Trinajstić information content (AvgIpc) is 2.60. The number of hydrogen-bond donors (Lipinski definition) is 1. The fourth-order valence-electron chi connectivity index (χ4n) is 2.19. The highest BCUT2D eigenvalue weighted by atomic mass is 16.5. The van der Waals surface area contributed by atoms with E-state index in [0.29, 0.717) is 18.2 Å². The van der Waals surface area contributed by atoms with E-state index in [4.69, 9.17) is 4.74 Å². The molecule has 0 spiro atoms. The van der Waals surface area contributed by atoms with Gasteiger partial charge in [0.1, 0.15) is 6.61 Å². The first-order valence-corrected chi connectivity index (χ1v) is 8.20. The summed E-state index contributed by atoms with van der Waals surface area (Å²) in [5.74, 6) is 1.31. The molecule has 4 heteroatoms. The van der Waals surface area contributed by atoms with Gasteiger partial charge in [0.2, 0.25) is 0 Å². The molecule has 24 heavy (non-hydrogen) atoms. The fraction of sp³-hybridized carbons (Fsp3) is 0.300. The monoisotopic (exact) mass is 324 g/mol. The largest absolute Gasteiger partial charge is 0.486 e. The van der Waals surface area contributed by atoms with Crippen molar-refractivity contribution in [1.82, 2.24) is 9.97 Å². The molecule has 0 saturated heterocycles. The van der Waals surface area contributed by atoms with Gasteiger partial charge in [-0.2, -0.15) is 0 Å². The predicted molar refractivity (Wildman–Crippen MR) is 97.7 cm³/mol. The van der Waals surface area contributed by atoms with Crippen molar-refractivity contribution in [2.45, 2.75) is 32.3 Å². The summed E-state index contributed by atoms with van der Waals surface area (Å²) in [6, 6.07) is 8.11. The van der Waals surface area contributed by atoms with E-state index in [-0.39, 0.29) is 6.10 Å². The van der Waals surface area contributed by atoms with Crippen molar-refractivity contribution in [3.05, 3.63) is 61.0 Å². The van der Waals surface area contributed by atoms with Gasteiger partial charge in [-0.05, 0) is 31.7 Å². The van der Waals surface area contributed by atoms with E-state index < -0.39 is 0 Å². The quantitative estimate of drug-likeness (QED) is 0.553. The van der Waals surface area contributed by atoms with Crippen molar-refractivity contribution >= 4 is 6.08 Å². The molecule has 2 aromatic rings. The minimum absolute atomic E-state index is 0.216. The van der Waals surface area contributed by atoms with E-state index in [0.717, 1.165) is 30.4 Å². The Morgan fingerprint density at radius 1 is 1.21 bits per heavy atom. The summed E-state index contributed by atoms with van der Waals surface area (Å²) in [7, 11) is 0. The van der Waals surface area contributed by atoms with Crippen LogP contribution >= 0.6 is 0 Å². The third kappa shape index (κ3) is 5.97. The van der Waals surface area contributed by atoms with Gasteiger partial charge < -0.3 is 9.84 Å².